The van der Waals surface area contributed by atoms with Gasteiger partial charge in [0.1, 0.15) is 5.75 Å². The van der Waals surface area contributed by atoms with Crippen molar-refractivity contribution in [2.24, 2.45) is 0 Å². The number of hydrogen-bond acceptors (Lipinski definition) is 7. The first kappa shape index (κ1) is 23.3. The molecule has 7 nitrogen and oxygen atoms in total. The van der Waals surface area contributed by atoms with Crippen LogP contribution in [-0.4, -0.2) is 35.7 Å². The van der Waals surface area contributed by atoms with Crippen molar-refractivity contribution >= 4 is 22.2 Å². The van der Waals surface area contributed by atoms with Crippen molar-refractivity contribution in [1.82, 2.24) is 0 Å². The van der Waals surface area contributed by atoms with Crippen molar-refractivity contribution in [3.8, 4) is 17.2 Å². The molecule has 2 aromatic rings. The molecule has 162 valence electrons. The minimum Gasteiger partial charge on any atom is -0.493 e. The second-order valence-corrected chi connectivity index (χ2v) is 8.34. The number of aryl methyl sites for hydroxylation is 1. The van der Waals surface area contributed by atoms with Gasteiger partial charge in [-0.25, -0.2) is 4.79 Å². The van der Waals surface area contributed by atoms with Gasteiger partial charge >= 0.3 is 16.1 Å². The summed E-state index contributed by atoms with van der Waals surface area (Å²) in [5, 5.41) is 0. The van der Waals surface area contributed by atoms with Gasteiger partial charge in [-0.2, -0.15) is 8.42 Å². The zero-order valence-electron chi connectivity index (χ0n) is 17.9. The number of ether oxygens (including phenoxy) is 3. The van der Waals surface area contributed by atoms with Crippen molar-refractivity contribution in [3.63, 3.8) is 0 Å². The van der Waals surface area contributed by atoms with Crippen LogP contribution in [0.15, 0.2) is 41.3 Å². The van der Waals surface area contributed by atoms with Crippen LogP contribution < -0.4 is 13.7 Å². The number of rotatable bonds is 8. The molecule has 0 atom stereocenters. The number of methoxy groups -OCH3 is 3. The molecule has 0 saturated carbocycles. The van der Waals surface area contributed by atoms with E-state index in [1.54, 1.807) is 19.1 Å². The zero-order chi connectivity index (χ0) is 22.5. The minimum atomic E-state index is -4.28. The highest BCUT2D eigenvalue weighted by Gasteiger charge is 2.26. The maximum Gasteiger partial charge on any atom is 0.343 e. The minimum absolute atomic E-state index is 0.00499. The van der Waals surface area contributed by atoms with Gasteiger partial charge in [0.05, 0.1) is 21.3 Å². The van der Waals surface area contributed by atoms with Gasteiger partial charge in [-0.05, 0) is 53.8 Å². The van der Waals surface area contributed by atoms with Gasteiger partial charge < -0.3 is 18.4 Å². The summed E-state index contributed by atoms with van der Waals surface area (Å²) in [6.07, 6.45) is 2.59. The van der Waals surface area contributed by atoms with Crippen molar-refractivity contribution in [2.75, 3.05) is 21.3 Å². The van der Waals surface area contributed by atoms with E-state index in [0.29, 0.717) is 11.1 Å². The van der Waals surface area contributed by atoms with Crippen LogP contribution in [-0.2, 0) is 19.6 Å². The second-order valence-electron chi connectivity index (χ2n) is 6.83. The average Bonchev–Trinajstić information content (AvgIpc) is 2.72. The number of benzene rings is 2. The normalized spacial score (nSPS) is 11.6. The van der Waals surface area contributed by atoms with Crippen LogP contribution in [0.4, 0.5) is 0 Å². The van der Waals surface area contributed by atoms with E-state index < -0.39 is 16.1 Å². The van der Waals surface area contributed by atoms with Crippen LogP contribution in [0.3, 0.4) is 0 Å². The summed E-state index contributed by atoms with van der Waals surface area (Å²) >= 11 is 0. The summed E-state index contributed by atoms with van der Waals surface area (Å²) < 4.78 is 46.9. The van der Waals surface area contributed by atoms with Gasteiger partial charge in [-0.15, -0.1) is 0 Å². The maximum absolute atomic E-state index is 13.2. The summed E-state index contributed by atoms with van der Waals surface area (Å²) in [5.41, 5.74) is 2.02. The predicted octanol–water partition coefficient (Wildman–Crippen LogP) is 4.09. The lowest BCUT2D eigenvalue weighted by atomic mass is 10.0. The molecular weight excluding hydrogens is 408 g/mol. The van der Waals surface area contributed by atoms with Crippen LogP contribution in [0.1, 0.15) is 36.5 Å². The number of carbonyl (C=O) groups excluding carboxylic acids is 1. The van der Waals surface area contributed by atoms with Crippen molar-refractivity contribution in [2.45, 2.75) is 31.6 Å². The second kappa shape index (κ2) is 9.67. The van der Waals surface area contributed by atoms with E-state index in [4.69, 9.17) is 13.7 Å². The van der Waals surface area contributed by atoms with Crippen LogP contribution in [0, 0.1) is 6.92 Å². The Labute approximate surface area is 177 Å². The Bertz CT molecular complexity index is 1050. The first-order valence-corrected chi connectivity index (χ1v) is 10.6. The fourth-order valence-electron chi connectivity index (χ4n) is 2.69. The highest BCUT2D eigenvalue weighted by atomic mass is 32.2. The molecule has 0 fully saturated rings. The molecule has 0 N–H and O–H groups in total. The maximum atomic E-state index is 13.2. The number of carbonyl (C=O) groups is 1. The Hall–Kier alpha value is -3.00. The van der Waals surface area contributed by atoms with Crippen LogP contribution in [0.2, 0.25) is 0 Å². The molecule has 0 heterocycles. The van der Waals surface area contributed by atoms with E-state index in [1.807, 2.05) is 26.0 Å². The molecule has 0 unspecified atom stereocenters. The van der Waals surface area contributed by atoms with Gasteiger partial charge in [0.25, 0.3) is 0 Å². The third-order valence-electron chi connectivity index (χ3n) is 4.43. The van der Waals surface area contributed by atoms with Crippen LogP contribution in [0.25, 0.3) is 6.08 Å². The molecule has 8 heteroatoms. The van der Waals surface area contributed by atoms with E-state index in [0.717, 1.165) is 5.56 Å². The Balaban J connectivity index is 2.58. The third kappa shape index (κ3) is 5.33. The van der Waals surface area contributed by atoms with Crippen LogP contribution >= 0.6 is 0 Å². The molecule has 0 amide bonds. The largest absolute Gasteiger partial charge is 0.493 e. The molecule has 0 radical (unpaired) electrons. The van der Waals surface area contributed by atoms with E-state index in [1.165, 1.54) is 39.5 Å². The Morgan fingerprint density at radius 3 is 2.27 bits per heavy atom. The summed E-state index contributed by atoms with van der Waals surface area (Å²) in [7, 11) is -0.300. The Morgan fingerprint density at radius 2 is 1.70 bits per heavy atom. The summed E-state index contributed by atoms with van der Waals surface area (Å²) in [4.78, 5) is 11.2. The molecule has 0 aliphatic rings. The number of hydrogen-bond donors (Lipinski definition) is 0. The lowest BCUT2D eigenvalue weighted by Gasteiger charge is -2.16. The fraction of sp³-hybridized carbons (Fsp3) is 0.318. The SMILES string of the molecule is COC(=O)/C=C/c1cc(OC)c(OC)c(S(=O)(=O)Oc2cc(C(C)C)ccc2C)c1. The van der Waals surface area contributed by atoms with E-state index in [2.05, 4.69) is 4.74 Å². The highest BCUT2D eigenvalue weighted by molar-refractivity contribution is 7.87. The fourth-order valence-corrected chi connectivity index (χ4v) is 3.89. The third-order valence-corrected chi connectivity index (χ3v) is 5.67. The Kier molecular flexibility index (Phi) is 7.50. The smallest absolute Gasteiger partial charge is 0.343 e. The van der Waals surface area contributed by atoms with Crippen LogP contribution in [0.5, 0.6) is 17.2 Å². The molecule has 0 bridgehead atoms. The monoisotopic (exact) mass is 434 g/mol. The van der Waals surface area contributed by atoms with E-state index in [9.17, 15) is 13.2 Å². The molecule has 30 heavy (non-hydrogen) atoms. The summed E-state index contributed by atoms with van der Waals surface area (Å²) in [6.45, 7) is 5.78. The Morgan fingerprint density at radius 1 is 1.00 bits per heavy atom. The molecular formula is C22H26O7S. The topological polar surface area (TPSA) is 88.1 Å². The molecule has 0 spiro atoms. The van der Waals surface area contributed by atoms with Gasteiger partial charge in [0, 0.05) is 6.08 Å². The first-order valence-electron chi connectivity index (χ1n) is 9.20. The molecule has 2 aromatic carbocycles. The van der Waals surface area contributed by atoms with Gasteiger partial charge in [0.2, 0.25) is 0 Å². The number of esters is 1. The molecule has 0 saturated heterocycles. The summed E-state index contributed by atoms with van der Waals surface area (Å²) in [5.74, 6) is 0.0473. The quantitative estimate of drug-likeness (QED) is 0.351. The molecule has 0 aliphatic heterocycles. The lowest BCUT2D eigenvalue weighted by molar-refractivity contribution is -0.134. The summed E-state index contributed by atoms with van der Waals surface area (Å²) in [6, 6.07) is 8.34. The van der Waals surface area contributed by atoms with Gasteiger partial charge in [-0.1, -0.05) is 26.0 Å². The average molecular weight is 435 g/mol. The molecule has 0 aromatic heterocycles. The van der Waals surface area contributed by atoms with Crippen molar-refractivity contribution < 1.29 is 31.6 Å². The zero-order valence-corrected chi connectivity index (χ0v) is 18.7. The lowest BCUT2D eigenvalue weighted by Crippen LogP contribution is -2.13. The molecule has 2 rings (SSSR count). The van der Waals surface area contributed by atoms with Crippen molar-refractivity contribution in [1.29, 1.82) is 0 Å². The van der Waals surface area contributed by atoms with Gasteiger partial charge in [-0.3, -0.25) is 0 Å². The van der Waals surface area contributed by atoms with E-state index in [-0.39, 0.29) is 28.1 Å². The van der Waals surface area contributed by atoms with Crippen molar-refractivity contribution in [3.05, 3.63) is 53.1 Å². The first-order chi connectivity index (χ1) is 14.1. The van der Waals surface area contributed by atoms with Gasteiger partial charge in [0.15, 0.2) is 16.4 Å². The highest BCUT2D eigenvalue weighted by Crippen LogP contribution is 2.38. The standard InChI is InChI=1S/C22H26O7S/c1-14(2)17-9-7-15(3)18(13-17)29-30(24,25)20-12-16(8-10-21(23)27-5)11-19(26-4)22(20)28-6/h7-14H,1-6H3/b10-8+. The molecule has 0 aliphatic carbocycles. The predicted molar refractivity (Wildman–Crippen MR) is 114 cm³/mol. The van der Waals surface area contributed by atoms with E-state index >= 15 is 0 Å².